The molecule has 0 spiro atoms. The summed E-state index contributed by atoms with van der Waals surface area (Å²) < 4.78 is 40.8. The molecule has 2 heterocycles. The number of carbonyl (C=O) groups is 1. The molecule has 1 N–H and O–H groups in total. The van der Waals surface area contributed by atoms with Crippen molar-refractivity contribution in [1.29, 1.82) is 0 Å². The van der Waals surface area contributed by atoms with Crippen LogP contribution in [0.15, 0.2) is 6.07 Å². The summed E-state index contributed by atoms with van der Waals surface area (Å²) in [4.78, 5) is 15.0. The van der Waals surface area contributed by atoms with Crippen molar-refractivity contribution < 1.29 is 23.1 Å². The number of hydrogen-bond acceptors (Lipinski definition) is 3. The highest BCUT2D eigenvalue weighted by Crippen LogP contribution is 2.43. The van der Waals surface area contributed by atoms with E-state index >= 15 is 0 Å². The van der Waals surface area contributed by atoms with Gasteiger partial charge in [0.05, 0.1) is 16.6 Å². The average molecular weight is 299 g/mol. The fourth-order valence-corrected chi connectivity index (χ4v) is 2.42. The fraction of sp³-hybridized carbons (Fsp3) is 0.462. The van der Waals surface area contributed by atoms with E-state index in [0.717, 1.165) is 23.6 Å². The molecule has 21 heavy (non-hydrogen) atoms. The number of fused-ring (bicyclic) bond motifs is 1. The molecule has 8 heteroatoms. The molecule has 1 saturated carbocycles. The normalized spacial score (nSPS) is 15.6. The third-order valence-corrected chi connectivity index (χ3v) is 3.48. The molecule has 2 aromatic rings. The number of pyridine rings is 1. The number of rotatable bonds is 3. The number of aliphatic carboxylic acids is 1. The first kappa shape index (κ1) is 13.8. The maximum Gasteiger partial charge on any atom is 0.417 e. The van der Waals surface area contributed by atoms with Gasteiger partial charge in [0.2, 0.25) is 0 Å². The van der Waals surface area contributed by atoms with E-state index in [9.17, 15) is 18.0 Å². The molecular weight excluding hydrogens is 287 g/mol. The highest BCUT2D eigenvalue weighted by Gasteiger charge is 2.37. The van der Waals surface area contributed by atoms with Crippen molar-refractivity contribution in [3.05, 3.63) is 23.0 Å². The van der Waals surface area contributed by atoms with Gasteiger partial charge in [-0.15, -0.1) is 0 Å². The minimum Gasteiger partial charge on any atom is -0.480 e. The summed E-state index contributed by atoms with van der Waals surface area (Å²) in [6.45, 7) is 0.914. The number of carboxylic acids is 1. The van der Waals surface area contributed by atoms with Gasteiger partial charge in [-0.3, -0.25) is 4.79 Å². The molecule has 0 aliphatic heterocycles. The lowest BCUT2D eigenvalue weighted by atomic mass is 10.1. The molecule has 112 valence electrons. The Labute approximate surface area is 117 Å². The van der Waals surface area contributed by atoms with Crippen LogP contribution in [-0.4, -0.2) is 25.8 Å². The van der Waals surface area contributed by atoms with Gasteiger partial charge in [0.25, 0.3) is 0 Å². The second kappa shape index (κ2) is 4.44. The molecular formula is C13H12F3N3O2. The van der Waals surface area contributed by atoms with Crippen LogP contribution in [-0.2, 0) is 17.5 Å². The number of carboxylic acid groups (broad SMARTS) is 1. The lowest BCUT2D eigenvalue weighted by Gasteiger charge is -2.11. The van der Waals surface area contributed by atoms with Gasteiger partial charge in [-0.25, -0.2) is 9.67 Å². The second-order valence-electron chi connectivity index (χ2n) is 5.20. The molecule has 5 nitrogen and oxygen atoms in total. The van der Waals surface area contributed by atoms with E-state index < -0.39 is 24.3 Å². The van der Waals surface area contributed by atoms with Crippen LogP contribution in [0.1, 0.15) is 35.7 Å². The van der Waals surface area contributed by atoms with Crippen molar-refractivity contribution in [2.75, 3.05) is 0 Å². The number of halogens is 3. The molecule has 3 rings (SSSR count). The first-order chi connectivity index (χ1) is 9.77. The Morgan fingerprint density at radius 3 is 2.67 bits per heavy atom. The monoisotopic (exact) mass is 299 g/mol. The number of alkyl halides is 3. The van der Waals surface area contributed by atoms with Gasteiger partial charge in [-0.1, -0.05) is 0 Å². The van der Waals surface area contributed by atoms with E-state index in [-0.39, 0.29) is 22.6 Å². The van der Waals surface area contributed by atoms with Crippen LogP contribution in [0.25, 0.3) is 11.0 Å². The summed E-state index contributed by atoms with van der Waals surface area (Å²) in [5.41, 5.74) is -0.301. The van der Waals surface area contributed by atoms with E-state index in [2.05, 4.69) is 10.1 Å². The molecule has 2 aromatic heterocycles. The van der Waals surface area contributed by atoms with Crippen LogP contribution < -0.4 is 0 Å². The Bertz CT molecular complexity index is 732. The van der Waals surface area contributed by atoms with E-state index in [0.29, 0.717) is 5.69 Å². The summed E-state index contributed by atoms with van der Waals surface area (Å²) in [6.07, 6.45) is -2.91. The van der Waals surface area contributed by atoms with Crippen molar-refractivity contribution in [1.82, 2.24) is 14.8 Å². The van der Waals surface area contributed by atoms with Gasteiger partial charge >= 0.3 is 12.1 Å². The zero-order chi connectivity index (χ0) is 15.4. The lowest BCUT2D eigenvalue weighted by Crippen LogP contribution is -2.12. The molecule has 1 aliphatic carbocycles. The van der Waals surface area contributed by atoms with Crippen LogP contribution in [0.4, 0.5) is 13.2 Å². The first-order valence-corrected chi connectivity index (χ1v) is 6.44. The number of hydrogen-bond donors (Lipinski definition) is 1. The minimum atomic E-state index is -4.52. The zero-order valence-electron chi connectivity index (χ0n) is 11.1. The Morgan fingerprint density at radius 2 is 2.14 bits per heavy atom. The predicted molar refractivity (Wildman–Crippen MR) is 66.9 cm³/mol. The van der Waals surface area contributed by atoms with Gasteiger partial charge in [-0.05, 0) is 25.8 Å². The van der Waals surface area contributed by atoms with Crippen molar-refractivity contribution >= 4 is 17.0 Å². The molecule has 0 atom stereocenters. The zero-order valence-corrected chi connectivity index (χ0v) is 11.1. The van der Waals surface area contributed by atoms with E-state index in [1.54, 1.807) is 0 Å². The van der Waals surface area contributed by atoms with Crippen LogP contribution >= 0.6 is 0 Å². The molecule has 0 aromatic carbocycles. The Kier molecular flexibility index (Phi) is 2.93. The van der Waals surface area contributed by atoms with Crippen LogP contribution in [0.2, 0.25) is 0 Å². The summed E-state index contributed by atoms with van der Waals surface area (Å²) in [5, 5.41) is 12.6. The largest absolute Gasteiger partial charge is 0.480 e. The van der Waals surface area contributed by atoms with Gasteiger partial charge in [0.1, 0.15) is 6.54 Å². The third-order valence-electron chi connectivity index (χ3n) is 3.48. The average Bonchev–Trinajstić information content (AvgIpc) is 3.15. The van der Waals surface area contributed by atoms with E-state index in [1.807, 2.05) is 0 Å². The van der Waals surface area contributed by atoms with Crippen molar-refractivity contribution in [3.63, 3.8) is 0 Å². The Morgan fingerprint density at radius 1 is 1.48 bits per heavy atom. The molecule has 1 aliphatic rings. The SMILES string of the molecule is Cc1nn(CC(=O)O)c2nc(C3CC3)cc(C(F)(F)F)c12. The maximum absolute atomic E-state index is 13.3. The van der Waals surface area contributed by atoms with Crippen molar-refractivity contribution in [2.45, 2.75) is 38.4 Å². The summed E-state index contributed by atoms with van der Waals surface area (Å²) >= 11 is 0. The quantitative estimate of drug-likeness (QED) is 0.946. The number of aromatic nitrogens is 3. The molecule has 1 fully saturated rings. The molecule has 0 radical (unpaired) electrons. The van der Waals surface area contributed by atoms with Crippen LogP contribution in [0, 0.1) is 6.92 Å². The maximum atomic E-state index is 13.3. The molecule has 0 saturated heterocycles. The number of aryl methyl sites for hydroxylation is 1. The van der Waals surface area contributed by atoms with E-state index in [4.69, 9.17) is 5.11 Å². The fourth-order valence-electron chi connectivity index (χ4n) is 2.42. The topological polar surface area (TPSA) is 68.0 Å². The molecule has 0 bridgehead atoms. The minimum absolute atomic E-state index is 0.00775. The van der Waals surface area contributed by atoms with Gasteiger partial charge < -0.3 is 5.11 Å². The summed E-state index contributed by atoms with van der Waals surface area (Å²) in [6, 6.07) is 1.07. The van der Waals surface area contributed by atoms with Gasteiger partial charge in [0.15, 0.2) is 5.65 Å². The standard InChI is InChI=1S/C13H12F3N3O2/c1-6-11-8(13(14,15)16)4-9(7-2-3-7)17-12(11)19(18-6)5-10(20)21/h4,7H,2-3,5H2,1H3,(H,20,21). The smallest absolute Gasteiger partial charge is 0.417 e. The van der Waals surface area contributed by atoms with E-state index in [1.165, 1.54) is 6.92 Å². The highest BCUT2D eigenvalue weighted by atomic mass is 19.4. The van der Waals surface area contributed by atoms with Crippen LogP contribution in [0.5, 0.6) is 0 Å². The first-order valence-electron chi connectivity index (χ1n) is 6.44. The predicted octanol–water partition coefficient (Wildman–Crippen LogP) is 2.72. The number of nitrogens with zero attached hydrogens (tertiary/aromatic N) is 3. The highest BCUT2D eigenvalue weighted by molar-refractivity contribution is 5.84. The molecule has 0 amide bonds. The molecule has 0 unspecified atom stereocenters. The van der Waals surface area contributed by atoms with Crippen LogP contribution in [0.3, 0.4) is 0 Å². The van der Waals surface area contributed by atoms with Gasteiger partial charge in [0, 0.05) is 11.6 Å². The van der Waals surface area contributed by atoms with Crippen molar-refractivity contribution in [3.8, 4) is 0 Å². The lowest BCUT2D eigenvalue weighted by molar-refractivity contribution is -0.138. The van der Waals surface area contributed by atoms with Gasteiger partial charge in [-0.2, -0.15) is 18.3 Å². The summed E-state index contributed by atoms with van der Waals surface area (Å²) in [7, 11) is 0. The Balaban J connectivity index is 2.29. The Hall–Kier alpha value is -2.12. The summed E-state index contributed by atoms with van der Waals surface area (Å²) in [5.74, 6) is -1.14. The van der Waals surface area contributed by atoms with Crippen molar-refractivity contribution in [2.24, 2.45) is 0 Å². The third kappa shape index (κ3) is 2.45. The second-order valence-corrected chi connectivity index (χ2v) is 5.20.